The predicted molar refractivity (Wildman–Crippen MR) is 41.9 cm³/mol. The van der Waals surface area contributed by atoms with Gasteiger partial charge in [0.05, 0.1) is 0 Å². The van der Waals surface area contributed by atoms with Crippen molar-refractivity contribution in [1.29, 1.82) is 0 Å². The van der Waals surface area contributed by atoms with Crippen LogP contribution in [0.15, 0.2) is 6.20 Å². The lowest BCUT2D eigenvalue weighted by atomic mass is 10.4. The summed E-state index contributed by atoms with van der Waals surface area (Å²) < 4.78 is 35.6. The molecular weight excluding hydrogens is 203 g/mol. The van der Waals surface area contributed by atoms with Crippen LogP contribution in [0.1, 0.15) is 21.6 Å². The molecule has 0 amide bonds. The average Bonchev–Trinajstić information content (AvgIpc) is 2.48. The number of thiazole rings is 1. The second-order valence-corrected chi connectivity index (χ2v) is 3.43. The van der Waals surface area contributed by atoms with Crippen molar-refractivity contribution in [1.82, 2.24) is 4.98 Å². The van der Waals surface area contributed by atoms with Crippen LogP contribution in [0, 0.1) is 0 Å². The molecule has 0 aliphatic rings. The van der Waals surface area contributed by atoms with Crippen LogP contribution in [0.5, 0.6) is 0 Å². The van der Waals surface area contributed by atoms with Crippen LogP contribution in [0.3, 0.4) is 0 Å². The number of hydrogen-bond acceptors (Lipinski definition) is 3. The van der Waals surface area contributed by atoms with E-state index < -0.39 is 17.0 Å². The van der Waals surface area contributed by atoms with Gasteiger partial charge in [0.1, 0.15) is 0 Å². The molecule has 0 atom stereocenters. The smallest absolute Gasteiger partial charge is 0.281 e. The summed E-state index contributed by atoms with van der Waals surface area (Å²) in [6.45, 7) is 1.79. The summed E-state index contributed by atoms with van der Waals surface area (Å²) in [6, 6.07) is 0. The van der Waals surface area contributed by atoms with Crippen LogP contribution in [-0.4, -0.2) is 16.9 Å². The molecule has 0 aliphatic carbocycles. The molecule has 0 N–H and O–H groups in total. The number of alkyl halides is 3. The molecule has 72 valence electrons. The summed E-state index contributed by atoms with van der Waals surface area (Å²) in [5, 5.41) is -0.482. The topological polar surface area (TPSA) is 30.0 Å². The molecule has 1 heterocycles. The highest BCUT2D eigenvalue weighted by atomic mass is 32.1. The molecule has 1 aromatic rings. The first-order valence-electron chi connectivity index (χ1n) is 3.51. The normalized spacial score (nSPS) is 11.7. The molecule has 0 bridgehead atoms. The molecule has 0 saturated carbocycles. The molecular formula is C7H6F3NOS. The number of halogens is 3. The Kier molecular flexibility index (Phi) is 2.70. The van der Waals surface area contributed by atoms with Crippen LogP contribution in [-0.2, 0) is 6.42 Å². The Morgan fingerprint density at radius 3 is 2.62 bits per heavy atom. The number of hydrogen-bond donors (Lipinski definition) is 0. The van der Waals surface area contributed by atoms with E-state index >= 15 is 0 Å². The molecule has 0 spiro atoms. The number of carbonyl (C=O) groups excluding carboxylic acids is 1. The van der Waals surface area contributed by atoms with Gasteiger partial charge in [-0.15, -0.1) is 11.3 Å². The van der Waals surface area contributed by atoms with Crippen LogP contribution in [0.25, 0.3) is 0 Å². The lowest BCUT2D eigenvalue weighted by Gasteiger charge is -1.99. The van der Waals surface area contributed by atoms with Gasteiger partial charge >= 0.3 is 6.18 Å². The minimum atomic E-state index is -4.82. The van der Waals surface area contributed by atoms with E-state index in [0.717, 1.165) is 11.3 Å². The van der Waals surface area contributed by atoms with Crippen molar-refractivity contribution >= 4 is 17.1 Å². The maximum atomic E-state index is 11.9. The Hall–Kier alpha value is -0.910. The van der Waals surface area contributed by atoms with Gasteiger partial charge in [0.15, 0.2) is 5.01 Å². The number of aromatic nitrogens is 1. The molecule has 0 saturated heterocycles. The summed E-state index contributed by atoms with van der Waals surface area (Å²) in [4.78, 5) is 14.7. The van der Waals surface area contributed by atoms with Gasteiger partial charge in [0, 0.05) is 11.1 Å². The number of aryl methyl sites for hydroxylation is 1. The van der Waals surface area contributed by atoms with Crippen molar-refractivity contribution in [3.63, 3.8) is 0 Å². The highest BCUT2D eigenvalue weighted by molar-refractivity contribution is 7.13. The molecule has 0 unspecified atom stereocenters. The Labute approximate surface area is 76.4 Å². The standard InChI is InChI=1S/C7H6F3NOS/c1-2-4-3-11-6(13-4)5(12)7(8,9)10/h3H,2H2,1H3. The maximum Gasteiger partial charge on any atom is 0.457 e. The van der Waals surface area contributed by atoms with E-state index in [2.05, 4.69) is 4.98 Å². The number of Topliss-reactive ketones (excluding diaryl/α,β-unsaturated/α-hetero) is 1. The summed E-state index contributed by atoms with van der Waals surface area (Å²) in [6.07, 6.45) is -2.94. The Bertz CT molecular complexity index is 318. The van der Waals surface area contributed by atoms with E-state index in [4.69, 9.17) is 0 Å². The van der Waals surface area contributed by atoms with Crippen LogP contribution in [0.2, 0.25) is 0 Å². The predicted octanol–water partition coefficient (Wildman–Crippen LogP) is 2.45. The van der Waals surface area contributed by atoms with Gasteiger partial charge in [-0.1, -0.05) is 6.92 Å². The molecule has 1 rings (SSSR count). The van der Waals surface area contributed by atoms with Crippen molar-refractivity contribution in [2.45, 2.75) is 19.5 Å². The molecule has 1 aromatic heterocycles. The Morgan fingerprint density at radius 1 is 1.62 bits per heavy atom. The first kappa shape index (κ1) is 10.2. The Balaban J connectivity index is 2.90. The van der Waals surface area contributed by atoms with E-state index in [1.54, 1.807) is 6.92 Å². The van der Waals surface area contributed by atoms with Gasteiger partial charge < -0.3 is 0 Å². The molecule has 0 aromatic carbocycles. The molecule has 0 radical (unpaired) electrons. The number of nitrogens with zero attached hydrogens (tertiary/aromatic N) is 1. The minimum Gasteiger partial charge on any atom is -0.281 e. The SMILES string of the molecule is CCc1cnc(C(=O)C(F)(F)F)s1. The fraction of sp³-hybridized carbons (Fsp3) is 0.429. The second-order valence-electron chi connectivity index (χ2n) is 2.31. The van der Waals surface area contributed by atoms with E-state index in [-0.39, 0.29) is 0 Å². The maximum absolute atomic E-state index is 11.9. The van der Waals surface area contributed by atoms with E-state index in [0.29, 0.717) is 11.3 Å². The minimum absolute atomic E-state index is 0.482. The van der Waals surface area contributed by atoms with E-state index in [1.165, 1.54) is 6.20 Å². The highest BCUT2D eigenvalue weighted by Gasteiger charge is 2.41. The fourth-order valence-corrected chi connectivity index (χ4v) is 1.51. The van der Waals surface area contributed by atoms with Crippen LogP contribution >= 0.6 is 11.3 Å². The van der Waals surface area contributed by atoms with Gasteiger partial charge in [0.25, 0.3) is 5.78 Å². The van der Waals surface area contributed by atoms with Crippen molar-refractivity contribution in [2.24, 2.45) is 0 Å². The number of carbonyl (C=O) groups is 1. The zero-order chi connectivity index (χ0) is 10.1. The zero-order valence-corrected chi connectivity index (χ0v) is 7.50. The van der Waals surface area contributed by atoms with Crippen LogP contribution in [0.4, 0.5) is 13.2 Å². The molecule has 0 fully saturated rings. The monoisotopic (exact) mass is 209 g/mol. The Morgan fingerprint density at radius 2 is 2.23 bits per heavy atom. The summed E-state index contributed by atoms with van der Waals surface area (Å²) in [5.74, 6) is -1.86. The van der Waals surface area contributed by atoms with Crippen molar-refractivity contribution < 1.29 is 18.0 Å². The zero-order valence-electron chi connectivity index (χ0n) is 6.68. The van der Waals surface area contributed by atoms with Crippen molar-refractivity contribution in [2.75, 3.05) is 0 Å². The quantitative estimate of drug-likeness (QED) is 0.700. The molecule has 6 heteroatoms. The average molecular weight is 209 g/mol. The lowest BCUT2D eigenvalue weighted by Crippen LogP contribution is -2.22. The molecule has 0 aliphatic heterocycles. The fourth-order valence-electron chi connectivity index (χ4n) is 0.697. The molecule has 13 heavy (non-hydrogen) atoms. The highest BCUT2D eigenvalue weighted by Crippen LogP contribution is 2.24. The van der Waals surface area contributed by atoms with E-state index in [1.807, 2.05) is 0 Å². The first-order valence-corrected chi connectivity index (χ1v) is 4.33. The lowest BCUT2D eigenvalue weighted by molar-refractivity contribution is -0.0885. The third-order valence-corrected chi connectivity index (χ3v) is 2.49. The van der Waals surface area contributed by atoms with Gasteiger partial charge in [-0.3, -0.25) is 4.79 Å². The molecule has 2 nitrogen and oxygen atoms in total. The largest absolute Gasteiger partial charge is 0.457 e. The first-order chi connectivity index (χ1) is 5.95. The van der Waals surface area contributed by atoms with Crippen LogP contribution < -0.4 is 0 Å². The summed E-state index contributed by atoms with van der Waals surface area (Å²) in [5.41, 5.74) is 0. The van der Waals surface area contributed by atoms with Gasteiger partial charge in [0.2, 0.25) is 0 Å². The van der Waals surface area contributed by atoms with Crippen molar-refractivity contribution in [3.8, 4) is 0 Å². The number of rotatable bonds is 2. The third kappa shape index (κ3) is 2.27. The summed E-state index contributed by atoms with van der Waals surface area (Å²) in [7, 11) is 0. The van der Waals surface area contributed by atoms with E-state index in [9.17, 15) is 18.0 Å². The van der Waals surface area contributed by atoms with Gasteiger partial charge in [-0.2, -0.15) is 13.2 Å². The van der Waals surface area contributed by atoms with Crippen molar-refractivity contribution in [3.05, 3.63) is 16.1 Å². The number of ketones is 1. The van der Waals surface area contributed by atoms with Gasteiger partial charge in [-0.05, 0) is 6.42 Å². The summed E-state index contributed by atoms with van der Waals surface area (Å²) >= 11 is 0.787. The third-order valence-electron chi connectivity index (χ3n) is 1.35. The second kappa shape index (κ2) is 3.45. The van der Waals surface area contributed by atoms with Gasteiger partial charge in [-0.25, -0.2) is 4.98 Å².